The van der Waals surface area contributed by atoms with Crippen molar-refractivity contribution < 1.29 is 4.74 Å². The molecule has 1 saturated carbocycles. The van der Waals surface area contributed by atoms with Crippen molar-refractivity contribution in [1.82, 2.24) is 20.2 Å². The van der Waals surface area contributed by atoms with Crippen LogP contribution in [-0.2, 0) is 17.8 Å². The lowest BCUT2D eigenvalue weighted by Crippen LogP contribution is -2.46. The van der Waals surface area contributed by atoms with Crippen LogP contribution in [0.25, 0.3) is 0 Å². The van der Waals surface area contributed by atoms with Gasteiger partial charge in [-0.3, -0.25) is 0 Å². The summed E-state index contributed by atoms with van der Waals surface area (Å²) in [5, 5.41) is 6.92. The van der Waals surface area contributed by atoms with Gasteiger partial charge in [-0.15, -0.1) is 24.0 Å². The lowest BCUT2D eigenvalue weighted by molar-refractivity contribution is 0.0732. The molecule has 0 aliphatic heterocycles. The summed E-state index contributed by atoms with van der Waals surface area (Å²) in [6.07, 6.45) is 10.6. The zero-order valence-electron chi connectivity index (χ0n) is 17.6. The van der Waals surface area contributed by atoms with Crippen LogP contribution in [0.5, 0.6) is 0 Å². The summed E-state index contributed by atoms with van der Waals surface area (Å²) in [5.74, 6) is 0.897. The highest BCUT2D eigenvalue weighted by atomic mass is 127. The van der Waals surface area contributed by atoms with Crippen molar-refractivity contribution in [3.63, 3.8) is 0 Å². The van der Waals surface area contributed by atoms with Crippen molar-refractivity contribution in [3.05, 3.63) is 54.1 Å². The van der Waals surface area contributed by atoms with Crippen LogP contribution >= 0.6 is 24.0 Å². The third-order valence-electron chi connectivity index (χ3n) is 5.59. The molecule has 0 saturated heterocycles. The summed E-state index contributed by atoms with van der Waals surface area (Å²) in [5.41, 5.74) is 2.85. The minimum Gasteiger partial charge on any atom is -0.385 e. The Morgan fingerprint density at radius 2 is 1.97 bits per heavy atom. The molecule has 2 N–H and O–H groups in total. The molecular weight excluding hydrogens is 477 g/mol. The summed E-state index contributed by atoms with van der Waals surface area (Å²) in [6, 6.07) is 8.65. The van der Waals surface area contributed by atoms with E-state index in [0.717, 1.165) is 38.6 Å². The molecule has 2 aromatic rings. The Labute approximate surface area is 191 Å². The second-order valence-corrected chi connectivity index (χ2v) is 7.70. The van der Waals surface area contributed by atoms with Gasteiger partial charge in [0.15, 0.2) is 5.96 Å². The smallest absolute Gasteiger partial charge is 0.191 e. The summed E-state index contributed by atoms with van der Waals surface area (Å²) in [7, 11) is 1.78. The molecule has 0 radical (unpaired) electrons. The van der Waals surface area contributed by atoms with E-state index in [-0.39, 0.29) is 24.0 Å². The van der Waals surface area contributed by atoms with E-state index < -0.39 is 0 Å². The van der Waals surface area contributed by atoms with Gasteiger partial charge in [-0.2, -0.15) is 0 Å². The highest BCUT2D eigenvalue weighted by Crippen LogP contribution is 2.43. The number of aromatic nitrogens is 2. The van der Waals surface area contributed by atoms with E-state index in [4.69, 9.17) is 9.73 Å². The average molecular weight is 511 g/mol. The minimum atomic E-state index is 0. The van der Waals surface area contributed by atoms with Gasteiger partial charge in [0.2, 0.25) is 0 Å². The Morgan fingerprint density at radius 1 is 1.21 bits per heavy atom. The number of methoxy groups -OCH3 is 1. The molecule has 0 bridgehead atoms. The largest absolute Gasteiger partial charge is 0.385 e. The van der Waals surface area contributed by atoms with Crippen molar-refractivity contribution in [2.75, 3.05) is 26.8 Å². The molecular formula is C22H34IN5O. The van der Waals surface area contributed by atoms with E-state index in [0.29, 0.717) is 12.0 Å². The van der Waals surface area contributed by atoms with E-state index in [2.05, 4.69) is 51.4 Å². The predicted octanol–water partition coefficient (Wildman–Crippen LogP) is 3.81. The number of hydrogen-bond donors (Lipinski definition) is 2. The van der Waals surface area contributed by atoms with Gasteiger partial charge in [0.1, 0.15) is 0 Å². The lowest BCUT2D eigenvalue weighted by atomic mass is 9.67. The Morgan fingerprint density at radius 3 is 2.55 bits per heavy atom. The molecule has 1 fully saturated rings. The van der Waals surface area contributed by atoms with Gasteiger partial charge >= 0.3 is 0 Å². The Hall–Kier alpha value is -1.61. The first-order valence-corrected chi connectivity index (χ1v) is 10.3. The maximum absolute atomic E-state index is 5.30. The van der Waals surface area contributed by atoms with Crippen molar-refractivity contribution >= 4 is 29.9 Å². The van der Waals surface area contributed by atoms with Crippen LogP contribution in [0.15, 0.2) is 48.0 Å². The predicted molar refractivity (Wildman–Crippen MR) is 129 cm³/mol. The number of nitrogens with one attached hydrogen (secondary N) is 2. The molecule has 0 amide bonds. The SMILES string of the molecule is CCNC(=NCc1ccc(Cn2ccnc2)cc1)NCC1(CCOC)CCC1.I. The van der Waals surface area contributed by atoms with Gasteiger partial charge < -0.3 is 19.9 Å². The molecule has 29 heavy (non-hydrogen) atoms. The van der Waals surface area contributed by atoms with Crippen LogP contribution in [0.2, 0.25) is 0 Å². The Bertz CT molecular complexity index is 726. The summed E-state index contributed by atoms with van der Waals surface area (Å²) < 4.78 is 7.37. The number of halogens is 1. The van der Waals surface area contributed by atoms with Crippen molar-refractivity contribution in [2.45, 2.75) is 45.7 Å². The number of guanidine groups is 1. The standard InChI is InChI=1S/C22H33N5O.HI/c1-3-24-21(26-17-22(9-4-10-22)11-14-28-2)25-15-19-5-7-20(8-6-19)16-27-13-12-23-18-27;/h5-8,12-13,18H,3-4,9-11,14-17H2,1-2H3,(H2,24,25,26);1H. The van der Waals surface area contributed by atoms with Gasteiger partial charge in [-0.05, 0) is 42.7 Å². The highest BCUT2D eigenvalue weighted by molar-refractivity contribution is 14.0. The molecule has 3 rings (SSSR count). The summed E-state index contributed by atoms with van der Waals surface area (Å²) >= 11 is 0. The monoisotopic (exact) mass is 511 g/mol. The quantitative estimate of drug-likeness (QED) is 0.289. The zero-order chi connectivity index (χ0) is 19.7. The van der Waals surface area contributed by atoms with Gasteiger partial charge in [0.05, 0.1) is 12.9 Å². The van der Waals surface area contributed by atoms with Gasteiger partial charge in [-0.1, -0.05) is 30.7 Å². The minimum absolute atomic E-state index is 0. The maximum Gasteiger partial charge on any atom is 0.191 e. The van der Waals surface area contributed by atoms with E-state index in [9.17, 15) is 0 Å². The average Bonchev–Trinajstić information content (AvgIpc) is 3.19. The first-order valence-electron chi connectivity index (χ1n) is 10.3. The van der Waals surface area contributed by atoms with Gasteiger partial charge in [0, 0.05) is 45.7 Å². The fourth-order valence-electron chi connectivity index (χ4n) is 3.63. The zero-order valence-corrected chi connectivity index (χ0v) is 19.9. The molecule has 6 nitrogen and oxygen atoms in total. The van der Waals surface area contributed by atoms with Crippen molar-refractivity contribution in [3.8, 4) is 0 Å². The first kappa shape index (κ1) is 23.7. The first-order chi connectivity index (χ1) is 13.7. The number of nitrogens with zero attached hydrogens (tertiary/aromatic N) is 3. The van der Waals surface area contributed by atoms with Crippen LogP contribution in [0.1, 0.15) is 43.7 Å². The molecule has 1 heterocycles. The number of aliphatic imine (C=N–C) groups is 1. The molecule has 160 valence electrons. The second kappa shape index (κ2) is 12.2. The van der Waals surface area contributed by atoms with E-state index in [1.807, 2.05) is 12.5 Å². The number of benzene rings is 1. The highest BCUT2D eigenvalue weighted by Gasteiger charge is 2.36. The van der Waals surface area contributed by atoms with Crippen LogP contribution in [0, 0.1) is 5.41 Å². The van der Waals surface area contributed by atoms with E-state index in [1.54, 1.807) is 13.3 Å². The van der Waals surface area contributed by atoms with Gasteiger partial charge in [-0.25, -0.2) is 9.98 Å². The molecule has 1 aromatic carbocycles. The summed E-state index contributed by atoms with van der Waals surface area (Å²) in [6.45, 7) is 6.28. The number of rotatable bonds is 10. The lowest BCUT2D eigenvalue weighted by Gasteiger charge is -2.42. The molecule has 7 heteroatoms. The van der Waals surface area contributed by atoms with Crippen molar-refractivity contribution in [1.29, 1.82) is 0 Å². The van der Waals surface area contributed by atoms with E-state index in [1.165, 1.54) is 30.4 Å². The molecule has 0 unspecified atom stereocenters. The molecule has 0 atom stereocenters. The fraction of sp³-hybridized carbons (Fsp3) is 0.545. The van der Waals surface area contributed by atoms with Crippen molar-refractivity contribution in [2.24, 2.45) is 10.4 Å². The number of imidazole rings is 1. The third-order valence-corrected chi connectivity index (χ3v) is 5.59. The number of hydrogen-bond acceptors (Lipinski definition) is 3. The van der Waals surface area contributed by atoms with Crippen LogP contribution in [0.3, 0.4) is 0 Å². The third kappa shape index (κ3) is 7.29. The maximum atomic E-state index is 5.30. The second-order valence-electron chi connectivity index (χ2n) is 7.70. The molecule has 0 spiro atoms. The topological polar surface area (TPSA) is 63.5 Å². The fourth-order valence-corrected chi connectivity index (χ4v) is 3.63. The van der Waals surface area contributed by atoms with Crippen LogP contribution < -0.4 is 10.6 Å². The Balaban J connectivity index is 0.00000300. The molecule has 1 aliphatic rings. The molecule has 1 aliphatic carbocycles. The van der Waals surface area contributed by atoms with Crippen LogP contribution in [-0.4, -0.2) is 42.3 Å². The normalized spacial score (nSPS) is 15.3. The Kier molecular flexibility index (Phi) is 9.93. The van der Waals surface area contributed by atoms with Gasteiger partial charge in [0.25, 0.3) is 0 Å². The number of ether oxygens (including phenoxy) is 1. The van der Waals surface area contributed by atoms with E-state index >= 15 is 0 Å². The summed E-state index contributed by atoms with van der Waals surface area (Å²) in [4.78, 5) is 8.87. The molecule has 1 aromatic heterocycles. The van der Waals surface area contributed by atoms with Crippen LogP contribution in [0.4, 0.5) is 0 Å².